The van der Waals surface area contributed by atoms with Crippen molar-refractivity contribution in [2.75, 3.05) is 5.32 Å². The molecule has 1 N–H and O–H groups in total. The first kappa shape index (κ1) is 17.9. The highest BCUT2D eigenvalue weighted by Crippen LogP contribution is 2.23. The summed E-state index contributed by atoms with van der Waals surface area (Å²) in [5.74, 6) is 0.686. The third kappa shape index (κ3) is 3.38. The molecular formula is C21H21N5O2. The molecule has 0 saturated carbocycles. The Morgan fingerprint density at radius 3 is 2.68 bits per heavy atom. The fourth-order valence-electron chi connectivity index (χ4n) is 2.96. The quantitative estimate of drug-likeness (QED) is 0.571. The van der Waals surface area contributed by atoms with Crippen molar-refractivity contribution in [3.63, 3.8) is 0 Å². The van der Waals surface area contributed by atoms with Gasteiger partial charge in [0.2, 0.25) is 5.76 Å². The molecule has 1 aromatic carbocycles. The van der Waals surface area contributed by atoms with Crippen LogP contribution in [0.5, 0.6) is 0 Å². The smallest absolute Gasteiger partial charge is 0.293 e. The first-order chi connectivity index (χ1) is 13.4. The lowest BCUT2D eigenvalue weighted by Gasteiger charge is -2.09. The van der Waals surface area contributed by atoms with Gasteiger partial charge in [-0.1, -0.05) is 19.9 Å². The van der Waals surface area contributed by atoms with Crippen LogP contribution in [-0.2, 0) is 0 Å². The lowest BCUT2D eigenvalue weighted by molar-refractivity contribution is 0.0995. The van der Waals surface area contributed by atoms with E-state index in [1.807, 2.05) is 37.5 Å². The van der Waals surface area contributed by atoms with E-state index in [0.29, 0.717) is 23.1 Å². The highest BCUT2D eigenvalue weighted by atomic mass is 16.4. The number of carbonyl (C=O) groups excluding carboxylic acids is 1. The molecule has 0 aliphatic heterocycles. The van der Waals surface area contributed by atoms with Crippen LogP contribution in [0.3, 0.4) is 0 Å². The highest BCUT2D eigenvalue weighted by Gasteiger charge is 2.13. The van der Waals surface area contributed by atoms with E-state index in [0.717, 1.165) is 16.6 Å². The second kappa shape index (κ2) is 6.92. The molecule has 4 aromatic rings. The number of hydrogen-bond donors (Lipinski definition) is 1. The van der Waals surface area contributed by atoms with E-state index in [2.05, 4.69) is 40.3 Å². The van der Waals surface area contributed by atoms with Crippen LogP contribution in [0.4, 0.5) is 5.69 Å². The molecular weight excluding hydrogens is 354 g/mol. The number of aryl methyl sites for hydroxylation is 2. The minimum Gasteiger partial charge on any atom is -0.436 e. The molecule has 142 valence electrons. The van der Waals surface area contributed by atoms with E-state index in [1.54, 1.807) is 11.6 Å². The first-order valence-electron chi connectivity index (χ1n) is 9.11. The molecule has 0 saturated heterocycles. The van der Waals surface area contributed by atoms with E-state index in [9.17, 15) is 4.79 Å². The van der Waals surface area contributed by atoms with Crippen LogP contribution in [0, 0.1) is 13.8 Å². The second-order valence-corrected chi connectivity index (χ2v) is 7.11. The Morgan fingerprint density at radius 1 is 1.14 bits per heavy atom. The number of nitrogens with one attached hydrogen (secondary N) is 1. The molecule has 0 aliphatic carbocycles. The Labute approximate surface area is 162 Å². The number of fused-ring (bicyclic) bond motifs is 1. The van der Waals surface area contributed by atoms with Crippen molar-refractivity contribution in [3.8, 4) is 5.69 Å². The summed E-state index contributed by atoms with van der Waals surface area (Å²) < 4.78 is 7.07. The topological polar surface area (TPSA) is 85.8 Å². The van der Waals surface area contributed by atoms with Gasteiger partial charge in [0.25, 0.3) is 5.91 Å². The highest BCUT2D eigenvalue weighted by molar-refractivity contribution is 6.02. The van der Waals surface area contributed by atoms with Gasteiger partial charge < -0.3 is 9.73 Å². The average Bonchev–Trinajstić information content (AvgIpc) is 3.28. The molecule has 0 spiro atoms. The summed E-state index contributed by atoms with van der Waals surface area (Å²) >= 11 is 0. The number of carbonyl (C=O) groups is 1. The zero-order valence-electron chi connectivity index (χ0n) is 16.2. The van der Waals surface area contributed by atoms with Gasteiger partial charge in [-0.05, 0) is 42.2 Å². The molecule has 3 heterocycles. The predicted octanol–water partition coefficient (Wildman–Crippen LogP) is 4.40. The number of rotatable bonds is 4. The Bertz CT molecular complexity index is 1170. The summed E-state index contributed by atoms with van der Waals surface area (Å²) in [5.41, 5.74) is 4.42. The molecule has 0 unspecified atom stereocenters. The minimum absolute atomic E-state index is 0.176. The van der Waals surface area contributed by atoms with Gasteiger partial charge in [-0.15, -0.1) is 5.10 Å². The van der Waals surface area contributed by atoms with E-state index >= 15 is 0 Å². The predicted molar refractivity (Wildman–Crippen MR) is 107 cm³/mol. The van der Waals surface area contributed by atoms with Crippen molar-refractivity contribution in [1.82, 2.24) is 19.7 Å². The maximum absolute atomic E-state index is 12.3. The van der Waals surface area contributed by atoms with E-state index in [4.69, 9.17) is 4.42 Å². The standard InChI is InChI=1S/C21H21N5O2/c1-12(2)15-7-16-11-26(25-20(16)23-9-15)18-8-17(6-5-13(18)3)24-21(27)19-10-22-14(4)28-19/h5-12H,1-4H3,(H,24,27). The van der Waals surface area contributed by atoms with Gasteiger partial charge in [-0.2, -0.15) is 0 Å². The number of nitrogens with zero attached hydrogens (tertiary/aromatic N) is 4. The summed E-state index contributed by atoms with van der Waals surface area (Å²) in [6, 6.07) is 7.78. The van der Waals surface area contributed by atoms with Gasteiger partial charge in [0, 0.05) is 30.4 Å². The zero-order chi connectivity index (χ0) is 19.8. The SMILES string of the molecule is Cc1ncc(C(=O)Nc2ccc(C)c(-n3cc4cc(C(C)C)cnc4n3)c2)o1. The number of aromatic nitrogens is 4. The van der Waals surface area contributed by atoms with E-state index in [1.165, 1.54) is 11.8 Å². The lowest BCUT2D eigenvalue weighted by Crippen LogP contribution is -2.11. The van der Waals surface area contributed by atoms with Crippen molar-refractivity contribution < 1.29 is 9.21 Å². The van der Waals surface area contributed by atoms with Crippen LogP contribution < -0.4 is 5.32 Å². The zero-order valence-corrected chi connectivity index (χ0v) is 16.2. The molecule has 0 fully saturated rings. The third-order valence-electron chi connectivity index (χ3n) is 4.61. The first-order valence-corrected chi connectivity index (χ1v) is 9.11. The Hall–Kier alpha value is -3.48. The molecule has 0 aliphatic rings. The molecule has 3 aromatic heterocycles. The van der Waals surface area contributed by atoms with Crippen LogP contribution >= 0.6 is 0 Å². The lowest BCUT2D eigenvalue weighted by atomic mass is 10.1. The van der Waals surface area contributed by atoms with Crippen LogP contribution in [0.25, 0.3) is 16.7 Å². The number of oxazole rings is 1. The molecule has 0 bridgehead atoms. The maximum Gasteiger partial charge on any atom is 0.293 e. The summed E-state index contributed by atoms with van der Waals surface area (Å²) in [7, 11) is 0. The molecule has 7 heteroatoms. The molecule has 1 amide bonds. The van der Waals surface area contributed by atoms with Crippen LogP contribution in [0.2, 0.25) is 0 Å². The van der Waals surface area contributed by atoms with Gasteiger partial charge in [0.1, 0.15) is 0 Å². The van der Waals surface area contributed by atoms with Crippen molar-refractivity contribution in [3.05, 3.63) is 65.6 Å². The Morgan fingerprint density at radius 2 is 1.96 bits per heavy atom. The molecule has 28 heavy (non-hydrogen) atoms. The van der Waals surface area contributed by atoms with Gasteiger partial charge in [-0.25, -0.2) is 14.6 Å². The van der Waals surface area contributed by atoms with Crippen LogP contribution in [-0.4, -0.2) is 25.7 Å². The summed E-state index contributed by atoms with van der Waals surface area (Å²) in [6.45, 7) is 7.97. The number of benzene rings is 1. The maximum atomic E-state index is 12.3. The molecule has 0 radical (unpaired) electrons. The monoisotopic (exact) mass is 375 g/mol. The van der Waals surface area contributed by atoms with Crippen LogP contribution in [0.1, 0.15) is 47.3 Å². The fourth-order valence-corrected chi connectivity index (χ4v) is 2.96. The van der Waals surface area contributed by atoms with E-state index < -0.39 is 0 Å². The van der Waals surface area contributed by atoms with Gasteiger partial charge in [0.05, 0.1) is 11.9 Å². The van der Waals surface area contributed by atoms with Gasteiger partial charge in [0.15, 0.2) is 11.5 Å². The number of hydrogen-bond acceptors (Lipinski definition) is 5. The molecule has 4 rings (SSSR count). The number of amides is 1. The minimum atomic E-state index is -0.343. The van der Waals surface area contributed by atoms with Crippen molar-refractivity contribution >= 4 is 22.6 Å². The van der Waals surface area contributed by atoms with Crippen molar-refractivity contribution in [2.45, 2.75) is 33.6 Å². The Kier molecular flexibility index (Phi) is 4.43. The number of pyridine rings is 1. The largest absolute Gasteiger partial charge is 0.436 e. The van der Waals surface area contributed by atoms with Crippen molar-refractivity contribution in [2.24, 2.45) is 0 Å². The molecule has 0 atom stereocenters. The van der Waals surface area contributed by atoms with Gasteiger partial charge >= 0.3 is 0 Å². The second-order valence-electron chi connectivity index (χ2n) is 7.11. The van der Waals surface area contributed by atoms with Gasteiger partial charge in [-0.3, -0.25) is 4.79 Å². The van der Waals surface area contributed by atoms with Crippen LogP contribution in [0.15, 0.2) is 47.3 Å². The third-order valence-corrected chi connectivity index (χ3v) is 4.61. The average molecular weight is 375 g/mol. The molecule has 7 nitrogen and oxygen atoms in total. The summed E-state index contributed by atoms with van der Waals surface area (Å²) in [4.78, 5) is 20.7. The summed E-state index contributed by atoms with van der Waals surface area (Å²) in [5, 5.41) is 8.41. The van der Waals surface area contributed by atoms with Crippen molar-refractivity contribution in [1.29, 1.82) is 0 Å². The summed E-state index contributed by atoms with van der Waals surface area (Å²) in [6.07, 6.45) is 5.24. The number of anilines is 1. The fraction of sp³-hybridized carbons (Fsp3) is 0.238. The normalized spacial score (nSPS) is 11.3. The Balaban J connectivity index is 1.67. The van der Waals surface area contributed by atoms with E-state index in [-0.39, 0.29) is 11.7 Å².